The third-order valence-corrected chi connectivity index (χ3v) is 9.82. The highest BCUT2D eigenvalue weighted by atomic mass is 19.4. The van der Waals surface area contributed by atoms with E-state index in [4.69, 9.17) is 4.52 Å². The van der Waals surface area contributed by atoms with Gasteiger partial charge in [0.1, 0.15) is 5.82 Å². The molecule has 6 rings (SSSR count). The first-order valence-electron chi connectivity index (χ1n) is 14.8. The first kappa shape index (κ1) is 32.8. The largest absolute Gasteiger partial charge is 0.465 e. The lowest BCUT2D eigenvalue weighted by atomic mass is 9.53. The minimum absolute atomic E-state index is 0.0853. The number of hydrogen-bond acceptors (Lipinski definition) is 6. The van der Waals surface area contributed by atoms with Gasteiger partial charge in [0, 0.05) is 30.6 Å². The standard InChI is InChI=1S/C32H37F5N4O4/c1-27(2,32(35,36)37)22-21(19-6-8-20(9-7-19)28(3,4)44)10-17-38-23(22)41(26(42)43)18-30-11-14-31(15-12-30,16-13-30)24-39-25(45-40-24)29(5,33)34/h6-10,17,44H,11-16,18H2,1-5H3,(H,42,43). The maximum atomic E-state index is 14.7. The number of benzene rings is 1. The van der Waals surface area contributed by atoms with E-state index in [1.54, 1.807) is 38.1 Å². The van der Waals surface area contributed by atoms with Crippen LogP contribution in [0.2, 0.25) is 0 Å². The summed E-state index contributed by atoms with van der Waals surface area (Å²) in [6, 6.07) is 7.90. The molecule has 2 aromatic heterocycles. The zero-order valence-corrected chi connectivity index (χ0v) is 25.8. The summed E-state index contributed by atoms with van der Waals surface area (Å²) >= 11 is 0. The molecule has 3 aliphatic carbocycles. The number of amides is 1. The number of aliphatic hydroxyl groups is 1. The van der Waals surface area contributed by atoms with E-state index in [-0.39, 0.29) is 29.3 Å². The van der Waals surface area contributed by atoms with E-state index >= 15 is 0 Å². The van der Waals surface area contributed by atoms with Crippen LogP contribution in [0.15, 0.2) is 41.1 Å². The van der Waals surface area contributed by atoms with Crippen molar-refractivity contribution in [1.82, 2.24) is 15.1 Å². The molecule has 3 aliphatic rings. The number of carboxylic acid groups (broad SMARTS) is 1. The van der Waals surface area contributed by atoms with Crippen LogP contribution in [-0.4, -0.2) is 44.2 Å². The highest BCUT2D eigenvalue weighted by molar-refractivity contribution is 5.88. The van der Waals surface area contributed by atoms with E-state index in [0.717, 1.165) is 18.7 Å². The average Bonchev–Trinajstić information content (AvgIpc) is 3.48. The van der Waals surface area contributed by atoms with Crippen LogP contribution in [0.5, 0.6) is 0 Å². The molecule has 0 radical (unpaired) electrons. The van der Waals surface area contributed by atoms with Crippen molar-refractivity contribution in [3.8, 4) is 11.1 Å². The molecule has 0 unspecified atom stereocenters. The minimum Gasteiger partial charge on any atom is -0.465 e. The molecule has 13 heteroatoms. The normalized spacial score (nSPS) is 22.5. The molecule has 0 atom stereocenters. The molecule has 45 heavy (non-hydrogen) atoms. The second-order valence-electron chi connectivity index (χ2n) is 13.8. The number of anilines is 1. The second-order valence-corrected chi connectivity index (χ2v) is 13.8. The summed E-state index contributed by atoms with van der Waals surface area (Å²) in [7, 11) is 0. The van der Waals surface area contributed by atoms with E-state index < -0.39 is 45.9 Å². The van der Waals surface area contributed by atoms with E-state index in [9.17, 15) is 37.0 Å². The fourth-order valence-corrected chi connectivity index (χ4v) is 6.73. The van der Waals surface area contributed by atoms with Crippen molar-refractivity contribution in [3.63, 3.8) is 0 Å². The highest BCUT2D eigenvalue weighted by Crippen LogP contribution is 2.58. The molecule has 2 heterocycles. The summed E-state index contributed by atoms with van der Waals surface area (Å²) < 4.78 is 76.4. The summed E-state index contributed by atoms with van der Waals surface area (Å²) in [5.41, 5.74) is -3.91. The Labute approximate surface area is 257 Å². The summed E-state index contributed by atoms with van der Waals surface area (Å²) in [4.78, 5) is 22.0. The Morgan fingerprint density at radius 2 is 1.51 bits per heavy atom. The van der Waals surface area contributed by atoms with Gasteiger partial charge in [-0.2, -0.15) is 26.9 Å². The first-order valence-corrected chi connectivity index (χ1v) is 14.8. The Bertz CT molecular complexity index is 1550. The molecule has 2 N–H and O–H groups in total. The molecular weight excluding hydrogens is 599 g/mol. The van der Waals surface area contributed by atoms with Gasteiger partial charge in [0.05, 0.1) is 11.0 Å². The van der Waals surface area contributed by atoms with Crippen molar-refractivity contribution in [2.24, 2.45) is 5.41 Å². The number of carbonyl (C=O) groups is 1. The molecule has 8 nitrogen and oxygen atoms in total. The van der Waals surface area contributed by atoms with Crippen LogP contribution in [-0.2, 0) is 22.4 Å². The minimum atomic E-state index is -4.75. The maximum absolute atomic E-state index is 14.7. The van der Waals surface area contributed by atoms with Gasteiger partial charge in [-0.1, -0.05) is 29.4 Å². The van der Waals surface area contributed by atoms with E-state index in [1.165, 1.54) is 12.3 Å². The van der Waals surface area contributed by atoms with Crippen LogP contribution in [0.3, 0.4) is 0 Å². The second kappa shape index (κ2) is 10.7. The summed E-state index contributed by atoms with van der Waals surface area (Å²) in [5, 5.41) is 24.7. The molecule has 244 valence electrons. The Balaban J connectivity index is 1.52. The molecule has 1 aromatic carbocycles. The van der Waals surface area contributed by atoms with Gasteiger partial charge in [-0.3, -0.25) is 4.90 Å². The molecule has 0 spiro atoms. The van der Waals surface area contributed by atoms with Crippen molar-refractivity contribution < 1.29 is 41.5 Å². The number of alkyl halides is 5. The number of nitrogens with zero attached hydrogens (tertiary/aromatic N) is 4. The average molecular weight is 637 g/mol. The van der Waals surface area contributed by atoms with Crippen molar-refractivity contribution in [2.75, 3.05) is 11.4 Å². The third kappa shape index (κ3) is 5.91. The summed E-state index contributed by atoms with van der Waals surface area (Å²) in [6.45, 7) is 5.80. The summed E-state index contributed by atoms with van der Waals surface area (Å²) in [5.74, 6) is -4.12. The number of hydrogen-bond donors (Lipinski definition) is 2. The zero-order chi connectivity index (χ0) is 33.2. The van der Waals surface area contributed by atoms with Gasteiger partial charge in [-0.05, 0) is 94.4 Å². The molecule has 3 aromatic rings. The lowest BCUT2D eigenvalue weighted by Gasteiger charge is -2.53. The fraction of sp³-hybridized carbons (Fsp3) is 0.562. The van der Waals surface area contributed by atoms with Crippen LogP contribution in [0.25, 0.3) is 11.1 Å². The number of pyridine rings is 1. The van der Waals surface area contributed by atoms with Gasteiger partial charge in [0.2, 0.25) is 0 Å². The number of aromatic nitrogens is 3. The van der Waals surface area contributed by atoms with E-state index in [0.29, 0.717) is 56.6 Å². The van der Waals surface area contributed by atoms with Crippen LogP contribution in [0.4, 0.5) is 32.6 Å². The van der Waals surface area contributed by atoms with Gasteiger partial charge < -0.3 is 14.7 Å². The predicted molar refractivity (Wildman–Crippen MR) is 155 cm³/mol. The van der Waals surface area contributed by atoms with Crippen molar-refractivity contribution in [2.45, 2.75) is 102 Å². The van der Waals surface area contributed by atoms with Gasteiger partial charge in [-0.25, -0.2) is 9.78 Å². The van der Waals surface area contributed by atoms with Crippen LogP contribution in [0, 0.1) is 5.41 Å². The molecule has 3 fully saturated rings. The van der Waals surface area contributed by atoms with Crippen molar-refractivity contribution >= 4 is 11.9 Å². The van der Waals surface area contributed by atoms with Gasteiger partial charge in [0.15, 0.2) is 5.82 Å². The fourth-order valence-electron chi connectivity index (χ4n) is 6.73. The van der Waals surface area contributed by atoms with Crippen LogP contribution >= 0.6 is 0 Å². The number of rotatable bonds is 8. The third-order valence-electron chi connectivity index (χ3n) is 9.82. The molecule has 0 aliphatic heterocycles. The van der Waals surface area contributed by atoms with Gasteiger partial charge >= 0.3 is 18.2 Å². The predicted octanol–water partition coefficient (Wildman–Crippen LogP) is 8.09. The highest BCUT2D eigenvalue weighted by Gasteiger charge is 2.55. The molecular formula is C32H37F5N4O4. The number of halogens is 5. The lowest BCUT2D eigenvalue weighted by molar-refractivity contribution is -0.180. The molecule has 1 amide bonds. The van der Waals surface area contributed by atoms with Crippen molar-refractivity contribution in [3.05, 3.63) is 59.4 Å². The Kier molecular flexibility index (Phi) is 7.82. The summed E-state index contributed by atoms with van der Waals surface area (Å²) in [6.07, 6.45) is -1.88. The molecule has 2 bridgehead atoms. The lowest BCUT2D eigenvalue weighted by Crippen LogP contribution is -2.51. The zero-order valence-electron chi connectivity index (χ0n) is 25.8. The Hall–Kier alpha value is -3.61. The first-order chi connectivity index (χ1) is 20.7. The number of fused-ring (bicyclic) bond motifs is 3. The Morgan fingerprint density at radius 3 is 1.98 bits per heavy atom. The van der Waals surface area contributed by atoms with Gasteiger partial charge in [-0.15, -0.1) is 0 Å². The maximum Gasteiger partial charge on any atom is 0.413 e. The van der Waals surface area contributed by atoms with E-state index in [1.807, 2.05) is 0 Å². The van der Waals surface area contributed by atoms with E-state index in [2.05, 4.69) is 15.1 Å². The van der Waals surface area contributed by atoms with Crippen LogP contribution in [0.1, 0.15) is 96.0 Å². The smallest absolute Gasteiger partial charge is 0.413 e. The topological polar surface area (TPSA) is 113 Å². The van der Waals surface area contributed by atoms with Crippen molar-refractivity contribution in [1.29, 1.82) is 0 Å². The quantitative estimate of drug-likeness (QED) is 0.240. The van der Waals surface area contributed by atoms with Crippen LogP contribution < -0.4 is 4.90 Å². The monoisotopic (exact) mass is 636 g/mol. The molecule has 0 saturated heterocycles. The molecule has 3 saturated carbocycles. The SMILES string of the molecule is CC(C)(O)c1ccc(-c2ccnc(N(CC34CCC(c5noc(C(C)(F)F)n5)(CC3)CC4)C(=O)O)c2C(C)(C)C(F)(F)F)cc1. The Morgan fingerprint density at radius 1 is 0.933 bits per heavy atom. The van der Waals surface area contributed by atoms with Gasteiger partial charge in [0.25, 0.3) is 5.89 Å².